The summed E-state index contributed by atoms with van der Waals surface area (Å²) in [5.74, 6) is 1.17. The molecule has 0 aliphatic carbocycles. The van der Waals surface area contributed by atoms with Crippen LogP contribution in [0.2, 0.25) is 0 Å². The molecule has 1 unspecified atom stereocenters. The number of hydrogen-bond donors (Lipinski definition) is 1. The van der Waals surface area contributed by atoms with Crippen molar-refractivity contribution in [1.82, 2.24) is 10.2 Å². The standard InChI is InChI=1S/C13H14N4OS/c1-10-16-17-12(18-10)19-8-7-13(15,9-14)11-5-3-2-4-6-11/h2-6H,7-8,15H2,1H3. The van der Waals surface area contributed by atoms with E-state index in [0.29, 0.717) is 23.3 Å². The van der Waals surface area contributed by atoms with Crippen LogP contribution in [0.1, 0.15) is 17.9 Å². The fraction of sp³-hybridized carbons (Fsp3) is 0.308. The van der Waals surface area contributed by atoms with Gasteiger partial charge < -0.3 is 10.2 Å². The number of nitrogens with two attached hydrogens (primary N) is 1. The van der Waals surface area contributed by atoms with Gasteiger partial charge in [0.1, 0.15) is 5.54 Å². The van der Waals surface area contributed by atoms with Gasteiger partial charge in [-0.25, -0.2) is 0 Å². The molecule has 0 radical (unpaired) electrons. The molecular weight excluding hydrogens is 260 g/mol. The number of aromatic nitrogens is 2. The SMILES string of the molecule is Cc1nnc(SCCC(N)(C#N)c2ccccc2)o1. The second-order valence-electron chi connectivity index (χ2n) is 4.13. The van der Waals surface area contributed by atoms with Gasteiger partial charge in [-0.2, -0.15) is 5.26 Å². The minimum atomic E-state index is -0.983. The zero-order valence-electron chi connectivity index (χ0n) is 10.5. The van der Waals surface area contributed by atoms with E-state index in [1.807, 2.05) is 30.3 Å². The molecule has 98 valence electrons. The molecule has 1 aromatic heterocycles. The highest BCUT2D eigenvalue weighted by Crippen LogP contribution is 2.25. The van der Waals surface area contributed by atoms with Gasteiger partial charge in [-0.05, 0) is 12.0 Å². The van der Waals surface area contributed by atoms with Crippen LogP contribution in [-0.4, -0.2) is 16.0 Å². The lowest BCUT2D eigenvalue weighted by atomic mass is 9.90. The first-order chi connectivity index (χ1) is 9.14. The smallest absolute Gasteiger partial charge is 0.276 e. The summed E-state index contributed by atoms with van der Waals surface area (Å²) in [4.78, 5) is 0. The van der Waals surface area contributed by atoms with Crippen molar-refractivity contribution in [1.29, 1.82) is 5.26 Å². The van der Waals surface area contributed by atoms with Crippen molar-refractivity contribution in [3.8, 4) is 6.07 Å². The molecule has 0 saturated heterocycles. The monoisotopic (exact) mass is 274 g/mol. The molecule has 0 aliphatic heterocycles. The molecule has 0 spiro atoms. The Morgan fingerprint density at radius 3 is 2.68 bits per heavy atom. The Balaban J connectivity index is 1.98. The van der Waals surface area contributed by atoms with Crippen molar-refractivity contribution in [3.63, 3.8) is 0 Å². The highest BCUT2D eigenvalue weighted by atomic mass is 32.2. The predicted octanol–water partition coefficient (Wildman–Crippen LogP) is 2.24. The van der Waals surface area contributed by atoms with Crippen molar-refractivity contribution in [2.24, 2.45) is 5.73 Å². The van der Waals surface area contributed by atoms with E-state index in [2.05, 4.69) is 16.3 Å². The zero-order chi connectivity index (χ0) is 13.7. The molecule has 0 amide bonds. The van der Waals surface area contributed by atoms with Crippen LogP contribution in [0, 0.1) is 18.3 Å². The molecule has 6 heteroatoms. The molecule has 0 saturated carbocycles. The van der Waals surface area contributed by atoms with Crippen LogP contribution in [0.3, 0.4) is 0 Å². The molecule has 0 aliphatic rings. The summed E-state index contributed by atoms with van der Waals surface area (Å²) in [7, 11) is 0. The highest BCUT2D eigenvalue weighted by Gasteiger charge is 2.26. The average molecular weight is 274 g/mol. The second-order valence-corrected chi connectivity index (χ2v) is 5.18. The molecule has 2 N–H and O–H groups in total. The zero-order valence-corrected chi connectivity index (χ0v) is 11.4. The number of aryl methyl sites for hydroxylation is 1. The van der Waals surface area contributed by atoms with Crippen molar-refractivity contribution in [2.45, 2.75) is 24.1 Å². The Morgan fingerprint density at radius 2 is 2.11 bits per heavy atom. The number of nitrogens with zero attached hydrogens (tertiary/aromatic N) is 3. The minimum absolute atomic E-state index is 0.505. The molecule has 19 heavy (non-hydrogen) atoms. The summed E-state index contributed by atoms with van der Waals surface area (Å²) < 4.78 is 5.25. The average Bonchev–Trinajstić information content (AvgIpc) is 2.85. The Morgan fingerprint density at radius 1 is 1.37 bits per heavy atom. The number of nitriles is 1. The first-order valence-electron chi connectivity index (χ1n) is 5.82. The van der Waals surface area contributed by atoms with Gasteiger partial charge in [-0.1, -0.05) is 42.1 Å². The van der Waals surface area contributed by atoms with Gasteiger partial charge in [-0.3, -0.25) is 0 Å². The molecule has 2 rings (SSSR count). The van der Waals surface area contributed by atoms with E-state index in [1.165, 1.54) is 11.8 Å². The van der Waals surface area contributed by atoms with Crippen LogP contribution in [0.4, 0.5) is 0 Å². The van der Waals surface area contributed by atoms with Crippen LogP contribution in [-0.2, 0) is 5.54 Å². The highest BCUT2D eigenvalue weighted by molar-refractivity contribution is 7.99. The normalized spacial score (nSPS) is 13.7. The van der Waals surface area contributed by atoms with Crippen LogP contribution < -0.4 is 5.73 Å². The maximum absolute atomic E-state index is 9.30. The lowest BCUT2D eigenvalue weighted by Gasteiger charge is -2.21. The third-order valence-electron chi connectivity index (χ3n) is 2.72. The molecule has 0 fully saturated rings. The van der Waals surface area contributed by atoms with Crippen LogP contribution in [0.5, 0.6) is 0 Å². The lowest BCUT2D eigenvalue weighted by Crippen LogP contribution is -2.35. The van der Waals surface area contributed by atoms with Gasteiger partial charge in [-0.15, -0.1) is 10.2 Å². The fourth-order valence-electron chi connectivity index (χ4n) is 1.64. The third-order valence-corrected chi connectivity index (χ3v) is 3.54. The molecular formula is C13H14N4OS. The second kappa shape index (κ2) is 5.87. The van der Waals surface area contributed by atoms with Gasteiger partial charge in [0.25, 0.3) is 5.22 Å². The molecule has 1 heterocycles. The topological polar surface area (TPSA) is 88.7 Å². The van der Waals surface area contributed by atoms with E-state index in [0.717, 1.165) is 5.56 Å². The van der Waals surface area contributed by atoms with Crippen LogP contribution in [0.15, 0.2) is 40.0 Å². The summed E-state index contributed by atoms with van der Waals surface area (Å²) in [6.45, 7) is 1.74. The summed E-state index contributed by atoms with van der Waals surface area (Å²) in [5.41, 5.74) is 5.98. The number of rotatable bonds is 5. The van der Waals surface area contributed by atoms with Crippen LogP contribution >= 0.6 is 11.8 Å². The van der Waals surface area contributed by atoms with E-state index in [1.54, 1.807) is 6.92 Å². The maximum atomic E-state index is 9.30. The molecule has 5 nitrogen and oxygen atoms in total. The Bertz CT molecular complexity index is 578. The van der Waals surface area contributed by atoms with Crippen molar-refractivity contribution in [3.05, 3.63) is 41.8 Å². The summed E-state index contributed by atoms with van der Waals surface area (Å²) in [6, 6.07) is 11.6. The summed E-state index contributed by atoms with van der Waals surface area (Å²) >= 11 is 1.41. The molecule has 1 atom stereocenters. The first-order valence-corrected chi connectivity index (χ1v) is 6.81. The van der Waals surface area contributed by atoms with E-state index in [9.17, 15) is 5.26 Å². The molecule has 1 aromatic carbocycles. The van der Waals surface area contributed by atoms with Crippen molar-refractivity contribution < 1.29 is 4.42 Å². The van der Waals surface area contributed by atoms with Gasteiger partial charge >= 0.3 is 0 Å². The van der Waals surface area contributed by atoms with E-state index < -0.39 is 5.54 Å². The molecule has 0 bridgehead atoms. The summed E-state index contributed by atoms with van der Waals surface area (Å²) in [6.07, 6.45) is 0.513. The first kappa shape index (κ1) is 13.6. The van der Waals surface area contributed by atoms with Gasteiger partial charge in [0.05, 0.1) is 6.07 Å². The Hall–Kier alpha value is -1.84. The quantitative estimate of drug-likeness (QED) is 0.841. The number of hydrogen-bond acceptors (Lipinski definition) is 6. The van der Waals surface area contributed by atoms with E-state index in [-0.39, 0.29) is 0 Å². The van der Waals surface area contributed by atoms with Crippen molar-refractivity contribution in [2.75, 3.05) is 5.75 Å². The van der Waals surface area contributed by atoms with Gasteiger partial charge in [0, 0.05) is 12.7 Å². The number of benzene rings is 1. The predicted molar refractivity (Wildman–Crippen MR) is 72.3 cm³/mol. The number of thioether (sulfide) groups is 1. The maximum Gasteiger partial charge on any atom is 0.276 e. The van der Waals surface area contributed by atoms with Crippen LogP contribution in [0.25, 0.3) is 0 Å². The van der Waals surface area contributed by atoms with Gasteiger partial charge in [0.15, 0.2) is 0 Å². The third kappa shape index (κ3) is 3.34. The molecule has 2 aromatic rings. The van der Waals surface area contributed by atoms with E-state index in [4.69, 9.17) is 10.2 Å². The Kier molecular flexibility index (Phi) is 4.20. The fourth-order valence-corrected chi connectivity index (χ4v) is 2.51. The van der Waals surface area contributed by atoms with Crippen molar-refractivity contribution >= 4 is 11.8 Å². The van der Waals surface area contributed by atoms with Gasteiger partial charge in [0.2, 0.25) is 5.89 Å². The Labute approximate surface area is 115 Å². The largest absolute Gasteiger partial charge is 0.416 e. The summed E-state index contributed by atoms with van der Waals surface area (Å²) in [5, 5.41) is 17.4. The minimum Gasteiger partial charge on any atom is -0.416 e. The lowest BCUT2D eigenvalue weighted by molar-refractivity contribution is 0.428. The van der Waals surface area contributed by atoms with E-state index >= 15 is 0 Å².